The van der Waals surface area contributed by atoms with Crippen LogP contribution in [0.3, 0.4) is 0 Å². The molecule has 0 heterocycles. The number of carboxylic acid groups (broad SMARTS) is 1. The van der Waals surface area contributed by atoms with Gasteiger partial charge in [-0.3, -0.25) is 4.79 Å². The van der Waals surface area contributed by atoms with Crippen LogP contribution in [0.2, 0.25) is 5.02 Å². The molecule has 0 bridgehead atoms. The SMILES string of the molecule is O=C(O)COc1ccc(/C=N\NC(=O)c2ccccc2)cc1Cl. The fraction of sp³-hybridized carbons (Fsp3) is 0.0625. The molecule has 0 atom stereocenters. The number of aliphatic carboxylic acids is 1. The molecule has 0 aliphatic heterocycles. The quantitative estimate of drug-likeness (QED) is 0.628. The van der Waals surface area contributed by atoms with E-state index in [2.05, 4.69) is 10.5 Å². The van der Waals surface area contributed by atoms with Crippen molar-refractivity contribution in [2.45, 2.75) is 0 Å². The van der Waals surface area contributed by atoms with Gasteiger partial charge in [-0.2, -0.15) is 5.10 Å². The van der Waals surface area contributed by atoms with Gasteiger partial charge in [0.1, 0.15) is 5.75 Å². The number of hydrazone groups is 1. The molecule has 0 saturated carbocycles. The van der Waals surface area contributed by atoms with Gasteiger partial charge in [-0.15, -0.1) is 0 Å². The molecule has 2 aromatic rings. The van der Waals surface area contributed by atoms with Crippen LogP contribution in [-0.2, 0) is 4.79 Å². The van der Waals surface area contributed by atoms with Gasteiger partial charge in [-0.1, -0.05) is 29.8 Å². The maximum absolute atomic E-state index is 11.8. The van der Waals surface area contributed by atoms with Crippen molar-refractivity contribution in [3.63, 3.8) is 0 Å². The number of nitrogens with one attached hydrogen (secondary N) is 1. The summed E-state index contributed by atoms with van der Waals surface area (Å²) in [5.41, 5.74) is 3.53. The van der Waals surface area contributed by atoms with Crippen molar-refractivity contribution in [1.82, 2.24) is 5.43 Å². The van der Waals surface area contributed by atoms with Crippen LogP contribution in [0.5, 0.6) is 5.75 Å². The third-order valence-electron chi connectivity index (χ3n) is 2.72. The number of halogens is 1. The van der Waals surface area contributed by atoms with Crippen LogP contribution >= 0.6 is 11.6 Å². The molecule has 2 aromatic carbocycles. The lowest BCUT2D eigenvalue weighted by Gasteiger charge is -2.05. The van der Waals surface area contributed by atoms with Gasteiger partial charge in [-0.05, 0) is 35.9 Å². The van der Waals surface area contributed by atoms with Gasteiger partial charge in [0.2, 0.25) is 0 Å². The molecule has 6 nitrogen and oxygen atoms in total. The summed E-state index contributed by atoms with van der Waals surface area (Å²) in [6, 6.07) is 13.4. The Bertz CT molecular complexity index is 732. The smallest absolute Gasteiger partial charge is 0.341 e. The molecular weight excluding hydrogens is 320 g/mol. The summed E-state index contributed by atoms with van der Waals surface area (Å²) >= 11 is 5.98. The zero-order chi connectivity index (χ0) is 16.7. The normalized spacial score (nSPS) is 10.5. The van der Waals surface area contributed by atoms with Crippen LogP contribution in [0, 0.1) is 0 Å². The highest BCUT2D eigenvalue weighted by Gasteiger charge is 2.05. The van der Waals surface area contributed by atoms with Gasteiger partial charge in [0.25, 0.3) is 5.91 Å². The average molecular weight is 333 g/mol. The fourth-order valence-electron chi connectivity index (χ4n) is 1.67. The van der Waals surface area contributed by atoms with E-state index in [1.54, 1.807) is 36.4 Å². The van der Waals surface area contributed by atoms with Crippen LogP contribution in [-0.4, -0.2) is 29.8 Å². The minimum Gasteiger partial charge on any atom is -0.480 e. The lowest BCUT2D eigenvalue weighted by molar-refractivity contribution is -0.139. The van der Waals surface area contributed by atoms with Crippen LogP contribution in [0.4, 0.5) is 0 Å². The van der Waals surface area contributed by atoms with Crippen LogP contribution in [0.1, 0.15) is 15.9 Å². The van der Waals surface area contributed by atoms with E-state index in [1.807, 2.05) is 6.07 Å². The zero-order valence-electron chi connectivity index (χ0n) is 11.9. The summed E-state index contributed by atoms with van der Waals surface area (Å²) in [6.07, 6.45) is 1.42. The molecule has 1 amide bonds. The van der Waals surface area contributed by atoms with Crippen molar-refractivity contribution in [2.24, 2.45) is 5.10 Å². The number of amides is 1. The number of carbonyl (C=O) groups excluding carboxylic acids is 1. The van der Waals surface area contributed by atoms with E-state index in [-0.39, 0.29) is 16.7 Å². The minimum atomic E-state index is -1.09. The largest absolute Gasteiger partial charge is 0.480 e. The molecule has 7 heteroatoms. The molecule has 0 aliphatic rings. The molecule has 2 N–H and O–H groups in total. The molecule has 118 valence electrons. The summed E-state index contributed by atoms with van der Waals surface area (Å²) in [5, 5.41) is 12.7. The molecule has 0 fully saturated rings. The van der Waals surface area contributed by atoms with Gasteiger partial charge in [-0.25, -0.2) is 10.2 Å². The second kappa shape index (κ2) is 7.95. The van der Waals surface area contributed by atoms with Gasteiger partial charge in [0, 0.05) is 5.56 Å². The molecule has 0 aliphatic carbocycles. The molecule has 0 unspecified atom stereocenters. The Morgan fingerprint density at radius 1 is 1.22 bits per heavy atom. The summed E-state index contributed by atoms with van der Waals surface area (Å²) < 4.78 is 5.01. The number of hydrogen-bond donors (Lipinski definition) is 2. The lowest BCUT2D eigenvalue weighted by atomic mass is 10.2. The van der Waals surface area contributed by atoms with E-state index in [0.717, 1.165) is 0 Å². The van der Waals surface area contributed by atoms with Crippen molar-refractivity contribution >= 4 is 29.7 Å². The molecular formula is C16H13ClN2O4. The van der Waals surface area contributed by atoms with Crippen molar-refractivity contribution in [3.8, 4) is 5.75 Å². The van der Waals surface area contributed by atoms with Gasteiger partial charge >= 0.3 is 5.97 Å². The first-order chi connectivity index (χ1) is 11.1. The number of nitrogens with zero attached hydrogens (tertiary/aromatic N) is 1. The lowest BCUT2D eigenvalue weighted by Crippen LogP contribution is -2.17. The summed E-state index contributed by atoms with van der Waals surface area (Å²) in [4.78, 5) is 22.2. The first-order valence-electron chi connectivity index (χ1n) is 6.59. The highest BCUT2D eigenvalue weighted by molar-refractivity contribution is 6.32. The van der Waals surface area contributed by atoms with E-state index in [1.165, 1.54) is 12.3 Å². The summed E-state index contributed by atoms with van der Waals surface area (Å²) in [6.45, 7) is -0.472. The third-order valence-corrected chi connectivity index (χ3v) is 3.02. The maximum atomic E-state index is 11.8. The Morgan fingerprint density at radius 2 is 1.96 bits per heavy atom. The first kappa shape index (κ1) is 16.5. The van der Waals surface area contributed by atoms with Crippen molar-refractivity contribution in [1.29, 1.82) is 0 Å². The first-order valence-corrected chi connectivity index (χ1v) is 6.96. The molecule has 0 radical (unpaired) electrons. The number of rotatable bonds is 6. The highest BCUT2D eigenvalue weighted by Crippen LogP contribution is 2.24. The second-order valence-electron chi connectivity index (χ2n) is 4.44. The predicted octanol–water partition coefficient (Wildman–Crippen LogP) is 2.57. The van der Waals surface area contributed by atoms with Gasteiger partial charge < -0.3 is 9.84 Å². The van der Waals surface area contributed by atoms with Crippen molar-refractivity contribution in [3.05, 3.63) is 64.7 Å². The number of benzene rings is 2. The van der Waals surface area contributed by atoms with Gasteiger partial charge in [0.15, 0.2) is 6.61 Å². The second-order valence-corrected chi connectivity index (χ2v) is 4.84. The standard InChI is InChI=1S/C16H13ClN2O4/c17-13-8-11(6-7-14(13)23-10-15(20)21)9-18-19-16(22)12-4-2-1-3-5-12/h1-9H,10H2,(H,19,22)(H,20,21)/b18-9-. The molecule has 0 saturated heterocycles. The Morgan fingerprint density at radius 3 is 2.61 bits per heavy atom. The van der Waals surface area contributed by atoms with Gasteiger partial charge in [0.05, 0.1) is 11.2 Å². The van der Waals surface area contributed by atoms with E-state index in [0.29, 0.717) is 11.1 Å². The molecule has 0 aromatic heterocycles. The molecule has 2 rings (SSSR count). The Kier molecular flexibility index (Phi) is 5.71. The number of ether oxygens (including phenoxy) is 1. The Labute approximate surface area is 137 Å². The van der Waals surface area contributed by atoms with Crippen molar-refractivity contribution < 1.29 is 19.4 Å². The number of hydrogen-bond acceptors (Lipinski definition) is 4. The maximum Gasteiger partial charge on any atom is 0.341 e. The third kappa shape index (κ3) is 5.12. The number of carboxylic acids is 1. The summed E-state index contributed by atoms with van der Waals surface area (Å²) in [5.74, 6) is -1.15. The Balaban J connectivity index is 1.96. The van der Waals surface area contributed by atoms with E-state index in [4.69, 9.17) is 21.4 Å². The van der Waals surface area contributed by atoms with E-state index < -0.39 is 12.6 Å². The molecule has 23 heavy (non-hydrogen) atoms. The van der Waals surface area contributed by atoms with E-state index in [9.17, 15) is 9.59 Å². The molecule has 0 spiro atoms. The zero-order valence-corrected chi connectivity index (χ0v) is 12.7. The topological polar surface area (TPSA) is 88.0 Å². The minimum absolute atomic E-state index is 0.254. The highest BCUT2D eigenvalue weighted by atomic mass is 35.5. The summed E-state index contributed by atoms with van der Waals surface area (Å²) in [7, 11) is 0. The van der Waals surface area contributed by atoms with Crippen LogP contribution in [0.15, 0.2) is 53.6 Å². The Hall–Kier alpha value is -2.86. The fourth-order valence-corrected chi connectivity index (χ4v) is 1.92. The van der Waals surface area contributed by atoms with E-state index >= 15 is 0 Å². The predicted molar refractivity (Wildman–Crippen MR) is 86.1 cm³/mol. The van der Waals surface area contributed by atoms with Crippen LogP contribution in [0.25, 0.3) is 0 Å². The number of carbonyl (C=O) groups is 2. The average Bonchev–Trinajstić information content (AvgIpc) is 2.54. The monoisotopic (exact) mass is 332 g/mol. The van der Waals surface area contributed by atoms with Crippen LogP contribution < -0.4 is 10.2 Å². The van der Waals surface area contributed by atoms with Crippen molar-refractivity contribution in [2.75, 3.05) is 6.61 Å².